The Morgan fingerprint density at radius 3 is 2.67 bits per heavy atom. The largest absolute Gasteiger partial charge is 0.462 e. The van der Waals surface area contributed by atoms with Gasteiger partial charge in [-0.05, 0) is 40.2 Å². The summed E-state index contributed by atoms with van der Waals surface area (Å²) < 4.78 is 4.99. The van der Waals surface area contributed by atoms with Crippen LogP contribution in [0.4, 0.5) is 5.13 Å². The Kier molecular flexibility index (Phi) is 6.94. The fourth-order valence-corrected chi connectivity index (χ4v) is 5.36. The van der Waals surface area contributed by atoms with E-state index in [-0.39, 0.29) is 18.1 Å². The third-order valence-electron chi connectivity index (χ3n) is 4.41. The monoisotopic (exact) mass is 466 g/mol. The SMILES string of the molecule is CCOC(=O)c1sc(NC(=O)[C@@H](C)SCc2nc3sc(C)c(C)c3c(=O)[nH]2)nc1C. The number of carbonyl (C=O) groups excluding carboxylic acids is 2. The van der Waals surface area contributed by atoms with Crippen molar-refractivity contribution in [3.8, 4) is 0 Å². The van der Waals surface area contributed by atoms with Gasteiger partial charge in [0.1, 0.15) is 15.5 Å². The maximum absolute atomic E-state index is 12.5. The molecule has 160 valence electrons. The highest BCUT2D eigenvalue weighted by Crippen LogP contribution is 2.27. The first-order valence-electron chi connectivity index (χ1n) is 9.27. The zero-order valence-corrected chi connectivity index (χ0v) is 19.7. The number of thiazole rings is 1. The molecule has 11 heteroatoms. The first-order valence-corrected chi connectivity index (χ1v) is 11.9. The van der Waals surface area contributed by atoms with Gasteiger partial charge in [-0.2, -0.15) is 0 Å². The van der Waals surface area contributed by atoms with Crippen molar-refractivity contribution < 1.29 is 14.3 Å². The minimum Gasteiger partial charge on any atom is -0.462 e. The minimum atomic E-state index is -0.445. The summed E-state index contributed by atoms with van der Waals surface area (Å²) in [6.07, 6.45) is 0. The first kappa shape index (κ1) is 22.4. The Morgan fingerprint density at radius 2 is 1.97 bits per heavy atom. The van der Waals surface area contributed by atoms with Crippen LogP contribution in [-0.2, 0) is 15.3 Å². The quantitative estimate of drug-likeness (QED) is 0.509. The van der Waals surface area contributed by atoms with Gasteiger partial charge in [-0.3, -0.25) is 9.59 Å². The summed E-state index contributed by atoms with van der Waals surface area (Å²) in [6.45, 7) is 9.36. The molecule has 0 fully saturated rings. The number of ether oxygens (including phenoxy) is 1. The van der Waals surface area contributed by atoms with Gasteiger partial charge in [-0.25, -0.2) is 14.8 Å². The van der Waals surface area contributed by atoms with Gasteiger partial charge in [-0.15, -0.1) is 23.1 Å². The molecule has 3 rings (SSSR count). The van der Waals surface area contributed by atoms with E-state index in [0.717, 1.165) is 21.8 Å². The summed E-state index contributed by atoms with van der Waals surface area (Å²) in [4.78, 5) is 50.5. The molecule has 0 aromatic carbocycles. The van der Waals surface area contributed by atoms with Crippen molar-refractivity contribution in [2.24, 2.45) is 0 Å². The van der Waals surface area contributed by atoms with Crippen LogP contribution in [0.3, 0.4) is 0 Å². The number of rotatable bonds is 7. The summed E-state index contributed by atoms with van der Waals surface area (Å²) in [7, 11) is 0. The van der Waals surface area contributed by atoms with Gasteiger partial charge in [0, 0.05) is 4.88 Å². The van der Waals surface area contributed by atoms with E-state index in [0.29, 0.717) is 37.5 Å². The van der Waals surface area contributed by atoms with E-state index in [1.54, 1.807) is 20.8 Å². The van der Waals surface area contributed by atoms with E-state index in [4.69, 9.17) is 4.74 Å². The van der Waals surface area contributed by atoms with Gasteiger partial charge in [0.25, 0.3) is 5.56 Å². The number of nitrogens with one attached hydrogen (secondary N) is 2. The molecule has 1 atom stereocenters. The Labute approximate surface area is 185 Å². The summed E-state index contributed by atoms with van der Waals surface area (Å²) in [5.41, 5.74) is 1.32. The molecule has 0 saturated heterocycles. The number of esters is 1. The molecule has 0 unspecified atom stereocenters. The zero-order chi connectivity index (χ0) is 22.0. The van der Waals surface area contributed by atoms with Crippen molar-refractivity contribution in [1.29, 1.82) is 0 Å². The Balaban J connectivity index is 1.64. The highest BCUT2D eigenvalue weighted by Gasteiger charge is 2.20. The minimum absolute atomic E-state index is 0.153. The predicted molar refractivity (Wildman–Crippen MR) is 122 cm³/mol. The number of amides is 1. The van der Waals surface area contributed by atoms with E-state index >= 15 is 0 Å². The summed E-state index contributed by atoms with van der Waals surface area (Å²) in [6, 6.07) is 0. The van der Waals surface area contributed by atoms with Crippen LogP contribution in [0.1, 0.15) is 45.5 Å². The van der Waals surface area contributed by atoms with Gasteiger partial charge in [-0.1, -0.05) is 11.3 Å². The number of nitrogens with zero attached hydrogens (tertiary/aromatic N) is 2. The molecule has 8 nitrogen and oxygen atoms in total. The Hall–Kier alpha value is -2.24. The lowest BCUT2D eigenvalue weighted by Gasteiger charge is -2.10. The maximum atomic E-state index is 12.5. The average Bonchev–Trinajstić information content (AvgIpc) is 3.19. The van der Waals surface area contributed by atoms with E-state index in [2.05, 4.69) is 20.3 Å². The van der Waals surface area contributed by atoms with Gasteiger partial charge in [0.05, 0.1) is 28.7 Å². The number of hydrogen-bond acceptors (Lipinski definition) is 9. The lowest BCUT2D eigenvalue weighted by atomic mass is 10.2. The van der Waals surface area contributed by atoms with E-state index in [1.807, 2.05) is 13.8 Å². The first-order chi connectivity index (χ1) is 14.2. The van der Waals surface area contributed by atoms with Crippen molar-refractivity contribution in [3.63, 3.8) is 0 Å². The molecule has 0 bridgehead atoms. The van der Waals surface area contributed by atoms with Gasteiger partial charge in [0.15, 0.2) is 5.13 Å². The fourth-order valence-electron chi connectivity index (χ4n) is 2.69. The Morgan fingerprint density at radius 1 is 1.23 bits per heavy atom. The highest BCUT2D eigenvalue weighted by molar-refractivity contribution is 7.99. The van der Waals surface area contributed by atoms with Crippen molar-refractivity contribution in [2.45, 2.75) is 45.6 Å². The topological polar surface area (TPSA) is 114 Å². The number of thiophene rings is 1. The third-order valence-corrected chi connectivity index (χ3v) is 7.72. The smallest absolute Gasteiger partial charge is 0.350 e. The number of aromatic amines is 1. The summed E-state index contributed by atoms with van der Waals surface area (Å²) in [5, 5.41) is 3.31. The molecule has 3 heterocycles. The number of aryl methyl sites for hydroxylation is 3. The predicted octanol–water partition coefficient (Wildman–Crippen LogP) is 3.80. The lowest BCUT2D eigenvalue weighted by Crippen LogP contribution is -2.23. The van der Waals surface area contributed by atoms with Gasteiger partial charge >= 0.3 is 5.97 Å². The summed E-state index contributed by atoms with van der Waals surface area (Å²) >= 11 is 3.94. The van der Waals surface area contributed by atoms with E-state index < -0.39 is 11.2 Å². The lowest BCUT2D eigenvalue weighted by molar-refractivity contribution is -0.115. The van der Waals surface area contributed by atoms with Crippen LogP contribution >= 0.6 is 34.4 Å². The number of thioether (sulfide) groups is 1. The molecule has 0 radical (unpaired) electrons. The molecular weight excluding hydrogens is 444 g/mol. The number of hydrogen-bond donors (Lipinski definition) is 2. The van der Waals surface area contributed by atoms with Crippen LogP contribution in [0.25, 0.3) is 10.2 Å². The van der Waals surface area contributed by atoms with Crippen LogP contribution in [0.5, 0.6) is 0 Å². The molecule has 1 amide bonds. The number of anilines is 1. The Bertz CT molecular complexity index is 1160. The van der Waals surface area contributed by atoms with Crippen LogP contribution in [0, 0.1) is 20.8 Å². The maximum Gasteiger partial charge on any atom is 0.350 e. The average molecular weight is 467 g/mol. The van der Waals surface area contributed by atoms with Crippen molar-refractivity contribution >= 4 is 61.7 Å². The molecule has 0 aliphatic heterocycles. The molecule has 3 aromatic heterocycles. The number of fused-ring (bicyclic) bond motifs is 1. The van der Waals surface area contributed by atoms with Crippen LogP contribution < -0.4 is 10.9 Å². The second kappa shape index (κ2) is 9.27. The third kappa shape index (κ3) is 4.73. The molecule has 2 N–H and O–H groups in total. The molecule has 0 aliphatic rings. The molecule has 30 heavy (non-hydrogen) atoms. The second-order valence-corrected chi connectivity index (χ2v) is 10.1. The van der Waals surface area contributed by atoms with Crippen LogP contribution in [-0.4, -0.2) is 38.7 Å². The van der Waals surface area contributed by atoms with Gasteiger partial charge in [0.2, 0.25) is 5.91 Å². The van der Waals surface area contributed by atoms with Crippen molar-refractivity contribution in [1.82, 2.24) is 15.0 Å². The zero-order valence-electron chi connectivity index (χ0n) is 17.2. The molecular formula is C19H22N4O4S3. The number of carbonyl (C=O) groups is 2. The number of H-pyrrole nitrogens is 1. The molecule has 0 aliphatic carbocycles. The van der Waals surface area contributed by atoms with Crippen LogP contribution in [0.15, 0.2) is 4.79 Å². The second-order valence-electron chi connectivity index (χ2n) is 6.57. The van der Waals surface area contributed by atoms with E-state index in [9.17, 15) is 14.4 Å². The fraction of sp³-hybridized carbons (Fsp3) is 0.421. The highest BCUT2D eigenvalue weighted by atomic mass is 32.2. The van der Waals surface area contributed by atoms with Crippen LogP contribution in [0.2, 0.25) is 0 Å². The standard InChI is InChI=1S/C19H22N4O4S3/c1-6-27-18(26)14-9(3)20-19(30-14)23-15(24)11(5)28-7-12-21-16(25)13-8(2)10(4)29-17(13)22-12/h11H,6-7H2,1-5H3,(H,20,23,24)(H,21,22,25)/t11-/m1/s1. The van der Waals surface area contributed by atoms with Crippen molar-refractivity contribution in [3.05, 3.63) is 37.2 Å². The molecule has 0 spiro atoms. The molecule has 0 saturated carbocycles. The normalized spacial score (nSPS) is 12.2. The molecule has 3 aromatic rings. The van der Waals surface area contributed by atoms with Crippen molar-refractivity contribution in [2.75, 3.05) is 11.9 Å². The number of aromatic nitrogens is 3. The van der Waals surface area contributed by atoms with Gasteiger partial charge < -0.3 is 15.0 Å². The van der Waals surface area contributed by atoms with E-state index in [1.165, 1.54) is 23.1 Å². The summed E-state index contributed by atoms with van der Waals surface area (Å²) in [5.74, 6) is 0.240.